The molecule has 1 N–H and O–H groups in total. The van der Waals surface area contributed by atoms with Crippen molar-refractivity contribution >= 4 is 32.5 Å². The predicted octanol–water partition coefficient (Wildman–Crippen LogP) is 4.25. The van der Waals surface area contributed by atoms with Gasteiger partial charge in [0.2, 0.25) is 0 Å². The number of nitrogens with one attached hydrogen (secondary N) is 1. The second kappa shape index (κ2) is 6.38. The zero-order chi connectivity index (χ0) is 15.6. The van der Waals surface area contributed by atoms with Gasteiger partial charge in [-0.25, -0.2) is 0 Å². The predicted molar refractivity (Wildman–Crippen MR) is 99.9 cm³/mol. The van der Waals surface area contributed by atoms with Gasteiger partial charge >= 0.3 is 0 Å². The molecule has 2 aromatic carbocycles. The van der Waals surface area contributed by atoms with E-state index in [1.807, 2.05) is 6.20 Å². The van der Waals surface area contributed by atoms with Crippen LogP contribution >= 0.6 is 15.9 Å². The van der Waals surface area contributed by atoms with Crippen LogP contribution in [0.3, 0.4) is 0 Å². The summed E-state index contributed by atoms with van der Waals surface area (Å²) in [5, 5.41) is 1.30. The van der Waals surface area contributed by atoms with Crippen LogP contribution in [0.4, 0.5) is 5.69 Å². The largest absolute Gasteiger partial charge is 0.368 e. The molecule has 1 aliphatic heterocycles. The smallest absolute Gasteiger partial charge is 0.0619 e. The number of anilines is 1. The molecule has 0 spiro atoms. The van der Waals surface area contributed by atoms with Crippen LogP contribution in [-0.2, 0) is 6.54 Å². The second-order valence-electron chi connectivity index (χ2n) is 6.08. The first-order chi connectivity index (χ1) is 11.3. The van der Waals surface area contributed by atoms with Crippen LogP contribution in [-0.4, -0.2) is 36.1 Å². The summed E-state index contributed by atoms with van der Waals surface area (Å²) in [7, 11) is 0. The Morgan fingerprint density at radius 1 is 0.913 bits per heavy atom. The maximum atomic E-state index is 3.62. The third-order valence-electron chi connectivity index (χ3n) is 4.61. The standard InChI is InChI=1S/C19H20BrN3/c20-17-6-7-18(16-8-9-21-19(16)17)23-12-10-22(11-13-23)14-15-4-2-1-3-5-15/h1-9,21H,10-14H2. The van der Waals surface area contributed by atoms with Crippen LogP contribution < -0.4 is 4.90 Å². The summed E-state index contributed by atoms with van der Waals surface area (Å²) < 4.78 is 1.13. The summed E-state index contributed by atoms with van der Waals surface area (Å²) in [6.45, 7) is 5.42. The van der Waals surface area contributed by atoms with E-state index in [-0.39, 0.29) is 0 Å². The lowest BCUT2D eigenvalue weighted by atomic mass is 10.1. The average Bonchev–Trinajstić information content (AvgIpc) is 3.08. The van der Waals surface area contributed by atoms with Crippen molar-refractivity contribution in [2.24, 2.45) is 0 Å². The summed E-state index contributed by atoms with van der Waals surface area (Å²) in [6.07, 6.45) is 2.02. The van der Waals surface area contributed by atoms with Crippen LogP contribution in [0.2, 0.25) is 0 Å². The van der Waals surface area contributed by atoms with E-state index in [1.54, 1.807) is 0 Å². The Kier molecular flexibility index (Phi) is 4.10. The topological polar surface area (TPSA) is 22.3 Å². The summed E-state index contributed by atoms with van der Waals surface area (Å²) >= 11 is 3.62. The highest BCUT2D eigenvalue weighted by Crippen LogP contribution is 2.32. The van der Waals surface area contributed by atoms with Gasteiger partial charge in [0, 0.05) is 54.5 Å². The third kappa shape index (κ3) is 3.01. The Labute approximate surface area is 145 Å². The van der Waals surface area contributed by atoms with E-state index >= 15 is 0 Å². The molecule has 0 aliphatic carbocycles. The van der Waals surface area contributed by atoms with Gasteiger partial charge in [0.1, 0.15) is 0 Å². The van der Waals surface area contributed by atoms with E-state index in [2.05, 4.69) is 79.2 Å². The highest BCUT2D eigenvalue weighted by atomic mass is 79.9. The first kappa shape index (κ1) is 14.8. The fraction of sp³-hybridized carbons (Fsp3) is 0.263. The van der Waals surface area contributed by atoms with Gasteiger partial charge in [0.05, 0.1) is 5.52 Å². The molecule has 0 saturated carbocycles. The van der Waals surface area contributed by atoms with Crippen LogP contribution in [0.5, 0.6) is 0 Å². The minimum Gasteiger partial charge on any atom is -0.368 e. The van der Waals surface area contributed by atoms with Gasteiger partial charge in [-0.2, -0.15) is 0 Å². The number of hydrogen-bond donors (Lipinski definition) is 1. The molecule has 0 atom stereocenters. The van der Waals surface area contributed by atoms with Crippen molar-refractivity contribution in [2.75, 3.05) is 31.1 Å². The molecular weight excluding hydrogens is 350 g/mol. The van der Waals surface area contributed by atoms with Crippen LogP contribution in [0.15, 0.2) is 59.2 Å². The molecule has 0 unspecified atom stereocenters. The van der Waals surface area contributed by atoms with E-state index in [1.165, 1.54) is 22.2 Å². The number of aromatic nitrogens is 1. The number of hydrogen-bond acceptors (Lipinski definition) is 2. The number of piperazine rings is 1. The highest BCUT2D eigenvalue weighted by Gasteiger charge is 2.19. The van der Waals surface area contributed by atoms with Crippen molar-refractivity contribution in [3.8, 4) is 0 Å². The zero-order valence-corrected chi connectivity index (χ0v) is 14.6. The van der Waals surface area contributed by atoms with Crippen molar-refractivity contribution in [3.05, 3.63) is 64.8 Å². The van der Waals surface area contributed by atoms with E-state index in [4.69, 9.17) is 0 Å². The Hall–Kier alpha value is -1.78. The van der Waals surface area contributed by atoms with Gasteiger partial charge in [-0.1, -0.05) is 30.3 Å². The number of nitrogens with zero attached hydrogens (tertiary/aromatic N) is 2. The van der Waals surface area contributed by atoms with Crippen molar-refractivity contribution in [1.29, 1.82) is 0 Å². The van der Waals surface area contributed by atoms with Gasteiger partial charge in [-0.3, -0.25) is 4.90 Å². The van der Waals surface area contributed by atoms with E-state index in [0.717, 1.165) is 37.2 Å². The third-order valence-corrected chi connectivity index (χ3v) is 5.27. The molecule has 0 bridgehead atoms. The summed E-state index contributed by atoms with van der Waals surface area (Å²) in [5.41, 5.74) is 3.93. The van der Waals surface area contributed by atoms with Gasteiger partial charge in [0.25, 0.3) is 0 Å². The average molecular weight is 370 g/mol. The number of rotatable bonds is 3. The van der Waals surface area contributed by atoms with E-state index < -0.39 is 0 Å². The number of benzene rings is 2. The molecule has 4 rings (SSSR count). The lowest BCUT2D eigenvalue weighted by molar-refractivity contribution is 0.250. The maximum Gasteiger partial charge on any atom is 0.0619 e. The molecule has 1 aromatic heterocycles. The molecule has 118 valence electrons. The van der Waals surface area contributed by atoms with Crippen LogP contribution in [0, 0.1) is 0 Å². The van der Waals surface area contributed by atoms with Crippen LogP contribution in [0.25, 0.3) is 10.9 Å². The van der Waals surface area contributed by atoms with Crippen molar-refractivity contribution in [1.82, 2.24) is 9.88 Å². The Bertz CT molecular complexity index is 789. The molecule has 1 aliphatic rings. The molecule has 1 fully saturated rings. The normalized spacial score (nSPS) is 16.1. The highest BCUT2D eigenvalue weighted by molar-refractivity contribution is 9.10. The molecule has 0 radical (unpaired) electrons. The van der Waals surface area contributed by atoms with Gasteiger partial charge in [-0.15, -0.1) is 0 Å². The van der Waals surface area contributed by atoms with Gasteiger partial charge < -0.3 is 9.88 Å². The minimum atomic E-state index is 1.05. The fourth-order valence-electron chi connectivity index (χ4n) is 3.37. The summed E-state index contributed by atoms with van der Waals surface area (Å²) in [4.78, 5) is 8.37. The number of halogens is 1. The van der Waals surface area contributed by atoms with Crippen LogP contribution in [0.1, 0.15) is 5.56 Å². The molecule has 3 nitrogen and oxygen atoms in total. The minimum absolute atomic E-state index is 1.05. The Morgan fingerprint density at radius 2 is 1.70 bits per heavy atom. The number of aromatic amines is 1. The number of H-pyrrole nitrogens is 1. The SMILES string of the molecule is Brc1ccc(N2CCN(Cc3ccccc3)CC2)c2cc[nH]c12. The fourth-order valence-corrected chi connectivity index (χ4v) is 3.83. The zero-order valence-electron chi connectivity index (χ0n) is 13.0. The van der Waals surface area contributed by atoms with Crippen molar-refractivity contribution in [2.45, 2.75) is 6.54 Å². The lowest BCUT2D eigenvalue weighted by Gasteiger charge is -2.36. The van der Waals surface area contributed by atoms with Gasteiger partial charge in [-0.05, 0) is 39.7 Å². The summed E-state index contributed by atoms with van der Waals surface area (Å²) in [6, 6.07) is 17.3. The quantitative estimate of drug-likeness (QED) is 0.745. The molecule has 23 heavy (non-hydrogen) atoms. The lowest BCUT2D eigenvalue weighted by Crippen LogP contribution is -2.46. The molecule has 0 amide bonds. The first-order valence-electron chi connectivity index (χ1n) is 8.08. The monoisotopic (exact) mass is 369 g/mol. The van der Waals surface area contributed by atoms with Crippen molar-refractivity contribution < 1.29 is 0 Å². The summed E-state index contributed by atoms with van der Waals surface area (Å²) in [5.74, 6) is 0. The maximum absolute atomic E-state index is 3.62. The molecule has 3 aromatic rings. The van der Waals surface area contributed by atoms with E-state index in [0.29, 0.717) is 0 Å². The molecule has 2 heterocycles. The Morgan fingerprint density at radius 3 is 2.48 bits per heavy atom. The first-order valence-corrected chi connectivity index (χ1v) is 8.87. The number of fused-ring (bicyclic) bond motifs is 1. The van der Waals surface area contributed by atoms with E-state index in [9.17, 15) is 0 Å². The molecule has 1 saturated heterocycles. The molecular formula is C19H20BrN3. The second-order valence-corrected chi connectivity index (χ2v) is 6.94. The van der Waals surface area contributed by atoms with Crippen molar-refractivity contribution in [3.63, 3.8) is 0 Å². The molecule has 4 heteroatoms. The van der Waals surface area contributed by atoms with Gasteiger partial charge in [0.15, 0.2) is 0 Å². The Balaban J connectivity index is 1.47.